The number of carbonyl (C=O) groups excluding carboxylic acids is 1. The molecule has 2 aromatic carbocycles. The maximum Gasteiger partial charge on any atom is 0.254 e. The van der Waals surface area contributed by atoms with Gasteiger partial charge >= 0.3 is 0 Å². The van der Waals surface area contributed by atoms with Crippen LogP contribution in [0, 0.1) is 0 Å². The highest BCUT2D eigenvalue weighted by Gasteiger charge is 2.23. The Morgan fingerprint density at radius 2 is 1.93 bits per heavy atom. The normalized spacial score (nSPS) is 20.0. The van der Waals surface area contributed by atoms with E-state index >= 15 is 0 Å². The zero-order valence-electron chi connectivity index (χ0n) is 16.6. The summed E-state index contributed by atoms with van der Waals surface area (Å²) < 4.78 is 11.4. The minimum absolute atomic E-state index is 0.0648. The molecule has 1 amide bonds. The van der Waals surface area contributed by atoms with Crippen molar-refractivity contribution in [2.24, 2.45) is 0 Å². The van der Waals surface area contributed by atoms with Gasteiger partial charge in [0, 0.05) is 49.9 Å². The van der Waals surface area contributed by atoms with Crippen molar-refractivity contribution in [3.8, 4) is 5.75 Å². The highest BCUT2D eigenvalue weighted by Crippen LogP contribution is 2.19. The van der Waals surface area contributed by atoms with Gasteiger partial charge in [0.1, 0.15) is 12.4 Å². The average Bonchev–Trinajstić information content (AvgIpc) is 3.26. The van der Waals surface area contributed by atoms with Crippen LogP contribution in [-0.4, -0.2) is 61.2 Å². The van der Waals surface area contributed by atoms with Gasteiger partial charge in [0.05, 0.1) is 6.10 Å². The number of halogens is 1. The second-order valence-electron chi connectivity index (χ2n) is 7.67. The summed E-state index contributed by atoms with van der Waals surface area (Å²) in [7, 11) is 0. The van der Waals surface area contributed by atoms with Crippen LogP contribution in [0.3, 0.4) is 0 Å². The monoisotopic (exact) mass is 414 g/mol. The van der Waals surface area contributed by atoms with Gasteiger partial charge in [-0.25, -0.2) is 0 Å². The fourth-order valence-corrected chi connectivity index (χ4v) is 4.08. The van der Waals surface area contributed by atoms with Crippen LogP contribution >= 0.6 is 11.6 Å². The third-order valence-electron chi connectivity index (χ3n) is 5.50. The molecule has 0 radical (unpaired) electrons. The van der Waals surface area contributed by atoms with Crippen LogP contribution in [0.1, 0.15) is 28.8 Å². The number of hydrogen-bond acceptors (Lipinski definition) is 4. The Morgan fingerprint density at radius 3 is 2.69 bits per heavy atom. The van der Waals surface area contributed by atoms with Crippen LogP contribution in [0.15, 0.2) is 48.5 Å². The van der Waals surface area contributed by atoms with E-state index in [1.54, 1.807) is 0 Å². The lowest BCUT2D eigenvalue weighted by atomic mass is 10.1. The van der Waals surface area contributed by atoms with Crippen LogP contribution in [0.4, 0.5) is 0 Å². The van der Waals surface area contributed by atoms with Gasteiger partial charge in [-0.1, -0.05) is 29.8 Å². The molecule has 2 fully saturated rings. The topological polar surface area (TPSA) is 42.0 Å². The van der Waals surface area contributed by atoms with Crippen molar-refractivity contribution in [2.75, 3.05) is 39.4 Å². The van der Waals surface area contributed by atoms with Gasteiger partial charge in [-0.15, -0.1) is 0 Å². The molecule has 6 heteroatoms. The smallest absolute Gasteiger partial charge is 0.254 e. The fourth-order valence-electron chi connectivity index (χ4n) is 3.87. The molecule has 1 unspecified atom stereocenters. The Hall–Kier alpha value is -2.08. The van der Waals surface area contributed by atoms with E-state index in [1.165, 1.54) is 5.56 Å². The average molecular weight is 415 g/mol. The first-order valence-corrected chi connectivity index (χ1v) is 10.7. The second-order valence-corrected chi connectivity index (χ2v) is 8.11. The zero-order valence-corrected chi connectivity index (χ0v) is 17.3. The van der Waals surface area contributed by atoms with E-state index in [2.05, 4.69) is 11.0 Å². The number of benzene rings is 2. The van der Waals surface area contributed by atoms with E-state index in [9.17, 15) is 4.79 Å². The predicted molar refractivity (Wildman–Crippen MR) is 114 cm³/mol. The lowest BCUT2D eigenvalue weighted by Crippen LogP contribution is -2.48. The predicted octanol–water partition coefficient (Wildman–Crippen LogP) is 3.86. The molecule has 2 heterocycles. The summed E-state index contributed by atoms with van der Waals surface area (Å²) in [5, 5.41) is 0.762. The quantitative estimate of drug-likeness (QED) is 0.719. The Morgan fingerprint density at radius 1 is 1.10 bits per heavy atom. The fraction of sp³-hybridized carbons (Fsp3) is 0.435. The molecule has 1 atom stereocenters. The first kappa shape index (κ1) is 20.2. The summed E-state index contributed by atoms with van der Waals surface area (Å²) in [5.74, 6) is 0.793. The van der Waals surface area contributed by atoms with E-state index in [1.807, 2.05) is 47.4 Å². The molecule has 2 aromatic rings. The minimum Gasteiger partial charge on any atom is -0.491 e. The van der Waals surface area contributed by atoms with Gasteiger partial charge in [0.25, 0.3) is 5.91 Å². The molecule has 0 aromatic heterocycles. The molecule has 0 N–H and O–H groups in total. The van der Waals surface area contributed by atoms with E-state index in [0.717, 1.165) is 62.9 Å². The van der Waals surface area contributed by atoms with Crippen molar-refractivity contribution in [1.82, 2.24) is 9.80 Å². The van der Waals surface area contributed by atoms with Gasteiger partial charge in [-0.05, 0) is 48.7 Å². The first-order chi connectivity index (χ1) is 14.2. The van der Waals surface area contributed by atoms with Crippen molar-refractivity contribution < 1.29 is 14.3 Å². The van der Waals surface area contributed by atoms with E-state index in [0.29, 0.717) is 12.2 Å². The van der Waals surface area contributed by atoms with Gasteiger partial charge in [0.2, 0.25) is 0 Å². The third kappa shape index (κ3) is 5.50. The van der Waals surface area contributed by atoms with Crippen molar-refractivity contribution in [3.63, 3.8) is 0 Å². The molecular weight excluding hydrogens is 388 g/mol. The lowest BCUT2D eigenvalue weighted by Gasteiger charge is -2.34. The Kier molecular flexibility index (Phi) is 6.70. The largest absolute Gasteiger partial charge is 0.491 e. The molecule has 0 aliphatic carbocycles. The molecule has 0 spiro atoms. The highest BCUT2D eigenvalue weighted by molar-refractivity contribution is 6.30. The van der Waals surface area contributed by atoms with Crippen LogP contribution in [0.25, 0.3) is 0 Å². The zero-order chi connectivity index (χ0) is 20.1. The van der Waals surface area contributed by atoms with Gasteiger partial charge < -0.3 is 14.4 Å². The van der Waals surface area contributed by atoms with Crippen LogP contribution in [-0.2, 0) is 11.3 Å². The van der Waals surface area contributed by atoms with Crippen molar-refractivity contribution in [1.29, 1.82) is 0 Å². The van der Waals surface area contributed by atoms with Crippen molar-refractivity contribution >= 4 is 17.5 Å². The number of ether oxygens (including phenoxy) is 2. The van der Waals surface area contributed by atoms with Crippen molar-refractivity contribution in [3.05, 3.63) is 64.7 Å². The molecule has 0 bridgehead atoms. The number of amides is 1. The lowest BCUT2D eigenvalue weighted by molar-refractivity contribution is 0.0625. The van der Waals surface area contributed by atoms with E-state index in [4.69, 9.17) is 21.1 Å². The molecule has 5 nitrogen and oxygen atoms in total. The first-order valence-electron chi connectivity index (χ1n) is 10.3. The van der Waals surface area contributed by atoms with Crippen LogP contribution < -0.4 is 4.74 Å². The van der Waals surface area contributed by atoms with E-state index < -0.39 is 0 Å². The molecule has 2 aliphatic heterocycles. The molecule has 29 heavy (non-hydrogen) atoms. The molecule has 0 saturated carbocycles. The van der Waals surface area contributed by atoms with Crippen LogP contribution in [0.5, 0.6) is 5.75 Å². The van der Waals surface area contributed by atoms with Gasteiger partial charge in [-0.3, -0.25) is 9.69 Å². The second kappa shape index (κ2) is 9.61. The number of carbonyl (C=O) groups is 1. The maximum atomic E-state index is 12.9. The number of nitrogens with zero attached hydrogens (tertiary/aromatic N) is 2. The summed E-state index contributed by atoms with van der Waals surface area (Å²) >= 11 is 6.08. The van der Waals surface area contributed by atoms with Gasteiger partial charge in [-0.2, -0.15) is 0 Å². The summed E-state index contributed by atoms with van der Waals surface area (Å²) in [4.78, 5) is 17.2. The summed E-state index contributed by atoms with van der Waals surface area (Å²) in [5.41, 5.74) is 1.88. The molecule has 2 saturated heterocycles. The molecule has 4 rings (SSSR count). The summed E-state index contributed by atoms with van der Waals surface area (Å²) in [6.45, 7) is 5.37. The number of hydrogen-bond donors (Lipinski definition) is 0. The highest BCUT2D eigenvalue weighted by atomic mass is 35.5. The Labute approximate surface area is 177 Å². The summed E-state index contributed by atoms with van der Waals surface area (Å²) in [6, 6.07) is 15.4. The maximum absolute atomic E-state index is 12.9. The standard InChI is InChI=1S/C23H27ClN2O3/c24-20-6-1-4-18(14-20)16-25-9-11-26(12-10-25)23(27)19-5-2-7-21(15-19)29-17-22-8-3-13-28-22/h1-2,4-7,14-15,22H,3,8-13,16-17H2. The van der Waals surface area contributed by atoms with Crippen LogP contribution in [0.2, 0.25) is 5.02 Å². The minimum atomic E-state index is 0.0648. The van der Waals surface area contributed by atoms with Crippen molar-refractivity contribution in [2.45, 2.75) is 25.5 Å². The SMILES string of the molecule is O=C(c1cccc(OCC2CCCO2)c1)N1CCN(Cc2cccc(Cl)c2)CC1. The Bertz CT molecular complexity index is 830. The number of piperazine rings is 1. The van der Waals surface area contributed by atoms with E-state index in [-0.39, 0.29) is 12.0 Å². The molecule has 2 aliphatic rings. The molecule has 154 valence electrons. The summed E-state index contributed by atoms with van der Waals surface area (Å²) in [6.07, 6.45) is 2.30. The van der Waals surface area contributed by atoms with Gasteiger partial charge in [0.15, 0.2) is 0 Å². The Balaban J connectivity index is 1.29. The number of rotatable bonds is 6. The molecular formula is C23H27ClN2O3. The third-order valence-corrected chi connectivity index (χ3v) is 5.73.